The largest absolute Gasteiger partial charge is 0.375 e. The van der Waals surface area contributed by atoms with Gasteiger partial charge in [0.2, 0.25) is 0 Å². The standard InChI is InChI=1S/C23H28F2N5O2P/c1-4-29-14-17(12-26-29)10-18-6-5-7-30(22(18)31)21-16(3)19(23(24,25)33)11-20(27-21)28-8-9-32-15(2)13-28/h5-7,11-12,14-15H,4,8-10,13,33H2,1-3H3/t15-/m1/s1. The van der Waals surface area contributed by atoms with Crippen molar-refractivity contribution in [2.45, 2.75) is 45.5 Å². The Hall–Kier alpha value is -2.64. The van der Waals surface area contributed by atoms with Crippen molar-refractivity contribution in [1.82, 2.24) is 19.3 Å². The van der Waals surface area contributed by atoms with Crippen LogP contribution in [-0.2, 0) is 23.4 Å². The highest BCUT2D eigenvalue weighted by Gasteiger charge is 2.31. The summed E-state index contributed by atoms with van der Waals surface area (Å²) in [5.41, 5.74) is -1.91. The zero-order valence-corrected chi connectivity index (χ0v) is 20.1. The second-order valence-electron chi connectivity index (χ2n) is 8.32. The maximum Gasteiger partial charge on any atom is 0.284 e. The van der Waals surface area contributed by atoms with Gasteiger partial charge in [0.05, 0.1) is 18.9 Å². The predicted molar refractivity (Wildman–Crippen MR) is 127 cm³/mol. The van der Waals surface area contributed by atoms with E-state index in [1.807, 2.05) is 24.9 Å². The summed E-state index contributed by atoms with van der Waals surface area (Å²) in [7, 11) is 1.59. The van der Waals surface area contributed by atoms with E-state index in [4.69, 9.17) is 4.74 Å². The van der Waals surface area contributed by atoms with Crippen LogP contribution < -0.4 is 10.5 Å². The number of hydrogen-bond acceptors (Lipinski definition) is 5. The highest BCUT2D eigenvalue weighted by atomic mass is 31.0. The monoisotopic (exact) mass is 475 g/mol. The van der Waals surface area contributed by atoms with Gasteiger partial charge >= 0.3 is 0 Å². The predicted octanol–water partition coefficient (Wildman–Crippen LogP) is 3.50. The molecule has 0 spiro atoms. The van der Waals surface area contributed by atoms with E-state index in [0.717, 1.165) is 12.1 Å². The third-order valence-electron chi connectivity index (χ3n) is 5.82. The molecule has 1 aliphatic heterocycles. The summed E-state index contributed by atoms with van der Waals surface area (Å²) in [6, 6.07) is 4.90. The van der Waals surface area contributed by atoms with Gasteiger partial charge in [-0.05, 0) is 38.5 Å². The van der Waals surface area contributed by atoms with E-state index >= 15 is 0 Å². The molecule has 1 saturated heterocycles. The molecular weight excluding hydrogens is 447 g/mol. The average Bonchev–Trinajstić information content (AvgIpc) is 3.22. The smallest absolute Gasteiger partial charge is 0.284 e. The van der Waals surface area contributed by atoms with Gasteiger partial charge in [0, 0.05) is 55.1 Å². The molecule has 7 nitrogen and oxygen atoms in total. The number of rotatable bonds is 6. The van der Waals surface area contributed by atoms with Crippen LogP contribution in [0.5, 0.6) is 0 Å². The van der Waals surface area contributed by atoms with Crippen LogP contribution in [0, 0.1) is 6.92 Å². The number of morpholine rings is 1. The molecule has 2 atom stereocenters. The molecule has 0 aliphatic carbocycles. The Morgan fingerprint density at radius 2 is 2.15 bits per heavy atom. The lowest BCUT2D eigenvalue weighted by atomic mass is 10.1. The zero-order valence-electron chi connectivity index (χ0n) is 19.0. The van der Waals surface area contributed by atoms with Gasteiger partial charge in [-0.25, -0.2) is 4.98 Å². The number of anilines is 1. The Labute approximate surface area is 193 Å². The highest BCUT2D eigenvalue weighted by Crippen LogP contribution is 2.39. The number of alkyl halides is 2. The van der Waals surface area contributed by atoms with Crippen molar-refractivity contribution >= 4 is 15.1 Å². The summed E-state index contributed by atoms with van der Waals surface area (Å²) in [5.74, 6) is 0.615. The van der Waals surface area contributed by atoms with Crippen molar-refractivity contribution in [3.8, 4) is 5.82 Å². The van der Waals surface area contributed by atoms with Crippen LogP contribution in [0.4, 0.5) is 14.6 Å². The van der Waals surface area contributed by atoms with E-state index in [0.29, 0.717) is 37.5 Å². The summed E-state index contributed by atoms with van der Waals surface area (Å²) < 4.78 is 37.8. The minimum absolute atomic E-state index is 0.0413. The van der Waals surface area contributed by atoms with Crippen LogP contribution in [-0.4, -0.2) is 45.1 Å². The highest BCUT2D eigenvalue weighted by molar-refractivity contribution is 7.17. The molecule has 0 bridgehead atoms. The SMILES string of the molecule is CCn1cc(Cc2cccn(-c3nc(N4CCO[C@H](C)C4)cc(C(F)(F)P)c3C)c2=O)cn1. The maximum atomic E-state index is 14.5. The number of halogens is 2. The molecule has 0 saturated carbocycles. The fourth-order valence-corrected chi connectivity index (χ4v) is 4.38. The minimum Gasteiger partial charge on any atom is -0.375 e. The van der Waals surface area contributed by atoms with Gasteiger partial charge in [0.15, 0.2) is 0 Å². The molecule has 0 N–H and O–H groups in total. The molecule has 0 amide bonds. The van der Waals surface area contributed by atoms with E-state index in [1.165, 1.54) is 10.6 Å². The molecule has 33 heavy (non-hydrogen) atoms. The van der Waals surface area contributed by atoms with Crippen LogP contribution in [0.2, 0.25) is 0 Å². The van der Waals surface area contributed by atoms with Gasteiger partial charge in [-0.3, -0.25) is 14.0 Å². The normalized spacial score (nSPS) is 16.9. The van der Waals surface area contributed by atoms with E-state index < -0.39 is 5.66 Å². The number of aromatic nitrogens is 4. The first kappa shape index (κ1) is 23.5. The maximum absolute atomic E-state index is 14.5. The fraction of sp³-hybridized carbons (Fsp3) is 0.435. The van der Waals surface area contributed by atoms with Crippen LogP contribution >= 0.6 is 9.24 Å². The lowest BCUT2D eigenvalue weighted by molar-refractivity contribution is 0.0529. The van der Waals surface area contributed by atoms with Crippen molar-refractivity contribution in [2.75, 3.05) is 24.6 Å². The van der Waals surface area contributed by atoms with Crippen molar-refractivity contribution in [2.24, 2.45) is 0 Å². The average molecular weight is 475 g/mol. The molecule has 1 aliphatic rings. The molecule has 0 aromatic carbocycles. The second kappa shape index (κ2) is 9.31. The van der Waals surface area contributed by atoms with Gasteiger partial charge in [0.1, 0.15) is 11.6 Å². The summed E-state index contributed by atoms with van der Waals surface area (Å²) >= 11 is 0. The lowest BCUT2D eigenvalue weighted by Crippen LogP contribution is -2.42. The summed E-state index contributed by atoms with van der Waals surface area (Å²) in [6.07, 6.45) is 5.56. The van der Waals surface area contributed by atoms with Crippen molar-refractivity contribution in [1.29, 1.82) is 0 Å². The molecule has 4 heterocycles. The van der Waals surface area contributed by atoms with Crippen molar-refractivity contribution < 1.29 is 13.5 Å². The molecular formula is C23H28F2N5O2P. The first-order valence-electron chi connectivity index (χ1n) is 10.9. The van der Waals surface area contributed by atoms with E-state index in [-0.39, 0.29) is 28.6 Å². The molecule has 176 valence electrons. The quantitative estimate of drug-likeness (QED) is 0.511. The van der Waals surface area contributed by atoms with Gasteiger partial charge in [-0.15, -0.1) is 0 Å². The van der Waals surface area contributed by atoms with Gasteiger partial charge in [0.25, 0.3) is 11.2 Å². The first-order chi connectivity index (χ1) is 15.7. The summed E-state index contributed by atoms with van der Waals surface area (Å²) in [4.78, 5) is 20.0. The van der Waals surface area contributed by atoms with E-state index in [9.17, 15) is 13.6 Å². The Balaban J connectivity index is 1.80. The number of ether oxygens (including phenoxy) is 1. The molecule has 1 fully saturated rings. The lowest BCUT2D eigenvalue weighted by Gasteiger charge is -2.33. The third-order valence-corrected chi connectivity index (χ3v) is 6.13. The fourth-order valence-electron chi connectivity index (χ4n) is 4.08. The molecule has 0 radical (unpaired) electrons. The van der Waals surface area contributed by atoms with E-state index in [1.54, 1.807) is 45.4 Å². The molecule has 3 aromatic rings. The number of aryl methyl sites for hydroxylation is 1. The number of hydrogen-bond donors (Lipinski definition) is 0. The van der Waals surface area contributed by atoms with Gasteiger partial charge in [-0.1, -0.05) is 15.3 Å². The molecule has 3 aromatic heterocycles. The Kier molecular flexibility index (Phi) is 6.64. The zero-order chi connectivity index (χ0) is 23.8. The summed E-state index contributed by atoms with van der Waals surface area (Å²) in [5, 5.41) is 4.26. The topological polar surface area (TPSA) is 65.2 Å². The Morgan fingerprint density at radius 1 is 1.36 bits per heavy atom. The van der Waals surface area contributed by atoms with Crippen molar-refractivity contribution in [3.05, 3.63) is 69.4 Å². The Morgan fingerprint density at radius 3 is 2.82 bits per heavy atom. The second-order valence-corrected chi connectivity index (χ2v) is 9.04. The summed E-state index contributed by atoms with van der Waals surface area (Å²) in [6.45, 7) is 7.79. The molecule has 4 rings (SSSR count). The van der Waals surface area contributed by atoms with Gasteiger partial charge < -0.3 is 9.64 Å². The number of nitrogens with zero attached hydrogens (tertiary/aromatic N) is 5. The minimum atomic E-state index is -3.16. The van der Waals surface area contributed by atoms with Gasteiger partial charge in [-0.2, -0.15) is 13.9 Å². The first-order valence-corrected chi connectivity index (χ1v) is 11.5. The van der Waals surface area contributed by atoms with Crippen LogP contribution in [0.25, 0.3) is 5.82 Å². The van der Waals surface area contributed by atoms with Crippen LogP contribution in [0.3, 0.4) is 0 Å². The Bertz CT molecular complexity index is 1200. The number of pyridine rings is 2. The van der Waals surface area contributed by atoms with Crippen LogP contribution in [0.15, 0.2) is 41.6 Å². The molecule has 1 unspecified atom stereocenters. The van der Waals surface area contributed by atoms with E-state index in [2.05, 4.69) is 10.1 Å². The van der Waals surface area contributed by atoms with Crippen molar-refractivity contribution in [3.63, 3.8) is 0 Å². The third kappa shape index (κ3) is 4.99. The molecule has 10 heteroatoms. The van der Waals surface area contributed by atoms with Crippen LogP contribution in [0.1, 0.15) is 36.1 Å².